The van der Waals surface area contributed by atoms with Gasteiger partial charge in [0.15, 0.2) is 0 Å². The molecule has 1 atom stereocenters. The minimum Gasteiger partial charge on any atom is -0.372 e. The third-order valence-corrected chi connectivity index (χ3v) is 3.52. The second-order valence-corrected chi connectivity index (χ2v) is 5.03. The molecule has 0 amide bonds. The van der Waals surface area contributed by atoms with E-state index in [1.54, 1.807) is 6.08 Å². The SMILES string of the molecule is C=CCOC1CCN(c2ccnc(C3CC3)n2)C1. The minimum absolute atomic E-state index is 0.308. The van der Waals surface area contributed by atoms with Gasteiger partial charge < -0.3 is 9.64 Å². The second-order valence-electron chi connectivity index (χ2n) is 5.03. The molecule has 3 rings (SSSR count). The van der Waals surface area contributed by atoms with E-state index in [4.69, 9.17) is 4.74 Å². The van der Waals surface area contributed by atoms with Gasteiger partial charge in [0.1, 0.15) is 11.6 Å². The molecular weight excluding hydrogens is 226 g/mol. The van der Waals surface area contributed by atoms with Gasteiger partial charge in [-0.3, -0.25) is 0 Å². The Morgan fingerprint density at radius 3 is 3.11 bits per heavy atom. The molecule has 2 aliphatic rings. The predicted molar refractivity (Wildman–Crippen MR) is 70.8 cm³/mol. The summed E-state index contributed by atoms with van der Waals surface area (Å²) in [6.45, 7) is 6.25. The van der Waals surface area contributed by atoms with Crippen molar-refractivity contribution in [2.75, 3.05) is 24.6 Å². The Morgan fingerprint density at radius 1 is 1.44 bits per heavy atom. The highest BCUT2D eigenvalue weighted by Gasteiger charge is 2.28. The van der Waals surface area contributed by atoms with Crippen LogP contribution in [0.25, 0.3) is 0 Å². The molecule has 4 nitrogen and oxygen atoms in total. The van der Waals surface area contributed by atoms with Gasteiger partial charge in [-0.25, -0.2) is 9.97 Å². The van der Waals surface area contributed by atoms with Crippen molar-refractivity contribution >= 4 is 5.82 Å². The zero-order valence-corrected chi connectivity index (χ0v) is 10.6. The average Bonchev–Trinajstić information content (AvgIpc) is 3.16. The van der Waals surface area contributed by atoms with Crippen LogP contribution in [-0.2, 0) is 4.74 Å². The summed E-state index contributed by atoms with van der Waals surface area (Å²) in [4.78, 5) is 11.3. The third-order valence-electron chi connectivity index (χ3n) is 3.52. The number of ether oxygens (including phenoxy) is 1. The quantitative estimate of drug-likeness (QED) is 0.745. The Balaban J connectivity index is 1.64. The van der Waals surface area contributed by atoms with Gasteiger partial charge >= 0.3 is 0 Å². The Hall–Kier alpha value is -1.42. The summed E-state index contributed by atoms with van der Waals surface area (Å²) in [6.07, 6.45) is 7.55. The zero-order valence-electron chi connectivity index (χ0n) is 10.6. The van der Waals surface area contributed by atoms with E-state index in [-0.39, 0.29) is 0 Å². The number of rotatable bonds is 5. The molecule has 1 aliphatic carbocycles. The van der Waals surface area contributed by atoms with E-state index < -0.39 is 0 Å². The minimum atomic E-state index is 0.308. The lowest BCUT2D eigenvalue weighted by Crippen LogP contribution is -2.24. The Bertz CT molecular complexity index is 431. The second kappa shape index (κ2) is 5.06. The van der Waals surface area contributed by atoms with E-state index in [0.717, 1.165) is 31.2 Å². The molecule has 0 bridgehead atoms. The van der Waals surface area contributed by atoms with E-state index in [9.17, 15) is 0 Å². The van der Waals surface area contributed by atoms with Gasteiger partial charge in [-0.1, -0.05) is 6.08 Å². The first-order valence-electron chi connectivity index (χ1n) is 6.67. The number of hydrogen-bond donors (Lipinski definition) is 0. The maximum atomic E-state index is 5.69. The van der Waals surface area contributed by atoms with E-state index in [1.165, 1.54) is 12.8 Å². The Morgan fingerprint density at radius 2 is 2.33 bits per heavy atom. The fraction of sp³-hybridized carbons (Fsp3) is 0.571. The van der Waals surface area contributed by atoms with Crippen molar-refractivity contribution in [1.29, 1.82) is 0 Å². The molecule has 1 aliphatic heterocycles. The maximum absolute atomic E-state index is 5.69. The normalized spacial score (nSPS) is 23.3. The molecular formula is C14H19N3O. The molecule has 18 heavy (non-hydrogen) atoms. The average molecular weight is 245 g/mol. The van der Waals surface area contributed by atoms with E-state index in [1.807, 2.05) is 12.3 Å². The molecule has 1 unspecified atom stereocenters. The fourth-order valence-electron chi connectivity index (χ4n) is 2.35. The number of aromatic nitrogens is 2. The van der Waals surface area contributed by atoms with Crippen molar-refractivity contribution < 1.29 is 4.74 Å². The summed E-state index contributed by atoms with van der Waals surface area (Å²) in [5.41, 5.74) is 0. The molecule has 1 aromatic rings. The molecule has 2 fully saturated rings. The van der Waals surface area contributed by atoms with Crippen molar-refractivity contribution in [2.24, 2.45) is 0 Å². The van der Waals surface area contributed by atoms with Gasteiger partial charge in [0.2, 0.25) is 0 Å². The highest BCUT2D eigenvalue weighted by Crippen LogP contribution is 2.38. The lowest BCUT2D eigenvalue weighted by Gasteiger charge is -2.17. The van der Waals surface area contributed by atoms with Crippen molar-refractivity contribution in [3.05, 3.63) is 30.7 Å². The molecule has 96 valence electrons. The highest BCUT2D eigenvalue weighted by molar-refractivity contribution is 5.39. The Kier molecular flexibility index (Phi) is 3.28. The summed E-state index contributed by atoms with van der Waals surface area (Å²) in [7, 11) is 0. The lowest BCUT2D eigenvalue weighted by molar-refractivity contribution is 0.0909. The molecule has 0 N–H and O–H groups in total. The van der Waals surface area contributed by atoms with Gasteiger partial charge in [0, 0.05) is 25.2 Å². The number of nitrogens with zero attached hydrogens (tertiary/aromatic N) is 3. The maximum Gasteiger partial charge on any atom is 0.133 e. The van der Waals surface area contributed by atoms with Crippen molar-refractivity contribution in [3.63, 3.8) is 0 Å². The van der Waals surface area contributed by atoms with Gasteiger partial charge in [-0.05, 0) is 25.3 Å². The van der Waals surface area contributed by atoms with Crippen molar-refractivity contribution in [3.8, 4) is 0 Å². The van der Waals surface area contributed by atoms with Gasteiger partial charge in [-0.2, -0.15) is 0 Å². The van der Waals surface area contributed by atoms with Crippen LogP contribution in [0.5, 0.6) is 0 Å². The van der Waals surface area contributed by atoms with Crippen LogP contribution >= 0.6 is 0 Å². The fourth-order valence-corrected chi connectivity index (χ4v) is 2.35. The first-order chi connectivity index (χ1) is 8.86. The summed E-state index contributed by atoms with van der Waals surface area (Å²) in [5, 5.41) is 0. The molecule has 1 saturated heterocycles. The molecule has 0 radical (unpaired) electrons. The van der Waals surface area contributed by atoms with Crippen LogP contribution in [0.4, 0.5) is 5.82 Å². The summed E-state index contributed by atoms with van der Waals surface area (Å²) < 4.78 is 5.69. The van der Waals surface area contributed by atoms with E-state index in [0.29, 0.717) is 18.6 Å². The molecule has 0 aromatic carbocycles. The topological polar surface area (TPSA) is 38.2 Å². The van der Waals surface area contributed by atoms with E-state index in [2.05, 4.69) is 21.4 Å². The van der Waals surface area contributed by atoms with Crippen LogP contribution in [-0.4, -0.2) is 35.8 Å². The predicted octanol–water partition coefficient (Wildman–Crippen LogP) is 2.14. The number of hydrogen-bond acceptors (Lipinski definition) is 4. The smallest absolute Gasteiger partial charge is 0.133 e. The number of anilines is 1. The van der Waals surface area contributed by atoms with Crippen LogP contribution in [0.3, 0.4) is 0 Å². The zero-order chi connectivity index (χ0) is 12.4. The van der Waals surface area contributed by atoms with Crippen LogP contribution in [0.1, 0.15) is 31.0 Å². The van der Waals surface area contributed by atoms with Crippen LogP contribution < -0.4 is 4.90 Å². The van der Waals surface area contributed by atoms with Gasteiger partial charge in [0.05, 0.1) is 12.7 Å². The van der Waals surface area contributed by atoms with Crippen LogP contribution in [0.2, 0.25) is 0 Å². The Labute approximate surface area is 108 Å². The van der Waals surface area contributed by atoms with Crippen molar-refractivity contribution in [2.45, 2.75) is 31.3 Å². The lowest BCUT2D eigenvalue weighted by atomic mass is 10.3. The highest BCUT2D eigenvalue weighted by atomic mass is 16.5. The van der Waals surface area contributed by atoms with Crippen LogP contribution in [0.15, 0.2) is 24.9 Å². The van der Waals surface area contributed by atoms with Crippen molar-refractivity contribution in [1.82, 2.24) is 9.97 Å². The van der Waals surface area contributed by atoms with Crippen LogP contribution in [0, 0.1) is 0 Å². The first kappa shape index (κ1) is 11.7. The van der Waals surface area contributed by atoms with E-state index >= 15 is 0 Å². The summed E-state index contributed by atoms with van der Waals surface area (Å²) in [6, 6.07) is 2.00. The van der Waals surface area contributed by atoms with Gasteiger partial charge in [-0.15, -0.1) is 6.58 Å². The summed E-state index contributed by atoms with van der Waals surface area (Å²) in [5.74, 6) is 2.68. The van der Waals surface area contributed by atoms with Gasteiger partial charge in [0.25, 0.3) is 0 Å². The molecule has 2 heterocycles. The molecule has 1 saturated carbocycles. The third kappa shape index (κ3) is 2.53. The summed E-state index contributed by atoms with van der Waals surface area (Å²) >= 11 is 0. The standard InChI is InChI=1S/C14H19N3O/c1-2-9-18-12-6-8-17(10-12)13-5-7-15-14(16-13)11-3-4-11/h2,5,7,11-12H,1,3-4,6,8-10H2. The first-order valence-corrected chi connectivity index (χ1v) is 6.67. The molecule has 4 heteroatoms. The largest absolute Gasteiger partial charge is 0.372 e. The monoisotopic (exact) mass is 245 g/mol. The molecule has 0 spiro atoms. The molecule has 1 aromatic heterocycles.